The lowest BCUT2D eigenvalue weighted by Crippen LogP contribution is -2.38. The summed E-state index contributed by atoms with van der Waals surface area (Å²) in [6, 6.07) is 17.2. The Labute approximate surface area is 180 Å². The van der Waals surface area contributed by atoms with E-state index in [9.17, 15) is 9.18 Å². The van der Waals surface area contributed by atoms with Crippen LogP contribution in [-0.2, 0) is 13.0 Å². The van der Waals surface area contributed by atoms with E-state index < -0.39 is 11.7 Å². The average molecular weight is 424 g/mol. The van der Waals surface area contributed by atoms with E-state index in [1.807, 2.05) is 31.2 Å². The number of nitrogens with zero attached hydrogens (tertiary/aromatic N) is 1. The Kier molecular flexibility index (Phi) is 7.64. The maximum atomic E-state index is 14.4. The largest absolute Gasteiger partial charge is 0.454 e. The minimum atomic E-state index is -0.618. The number of amides is 1. The van der Waals surface area contributed by atoms with Crippen LogP contribution < -0.4 is 21.1 Å². The number of primary amides is 1. The number of para-hydroxylation sites is 1. The summed E-state index contributed by atoms with van der Waals surface area (Å²) >= 11 is 0. The Morgan fingerprint density at radius 1 is 1.13 bits per heavy atom. The number of hydrogen-bond donors (Lipinski definition) is 3. The highest BCUT2D eigenvalue weighted by molar-refractivity contribution is 5.89. The summed E-state index contributed by atoms with van der Waals surface area (Å²) in [5.74, 6) is 0.960. The third kappa shape index (κ3) is 6.60. The van der Waals surface area contributed by atoms with Crippen molar-refractivity contribution in [2.45, 2.75) is 19.9 Å². The number of rotatable bonds is 9. The molecule has 0 aliphatic rings. The molecule has 0 fully saturated rings. The van der Waals surface area contributed by atoms with Crippen LogP contribution in [0.25, 0.3) is 0 Å². The topological polar surface area (TPSA) is 102 Å². The molecule has 0 atom stereocenters. The first-order chi connectivity index (χ1) is 15.0. The zero-order valence-electron chi connectivity index (χ0n) is 17.2. The highest BCUT2D eigenvalue weighted by Crippen LogP contribution is 2.25. The van der Waals surface area contributed by atoms with Gasteiger partial charge in [-0.3, -0.25) is 4.79 Å². The van der Waals surface area contributed by atoms with Crippen molar-refractivity contribution in [1.82, 2.24) is 10.6 Å². The fourth-order valence-electron chi connectivity index (χ4n) is 2.82. The van der Waals surface area contributed by atoms with Gasteiger partial charge in [0, 0.05) is 13.1 Å². The van der Waals surface area contributed by atoms with E-state index in [4.69, 9.17) is 14.9 Å². The molecular formula is C23H25FN4O3. The SMILES string of the molecule is CCNC(=NCc1ccc(C(N)=O)o1)NCCc1ccc(Oc2ccccc2)c(F)c1. The Bertz CT molecular complexity index is 1030. The second-order valence-electron chi connectivity index (χ2n) is 6.68. The number of halogens is 1. The third-order valence-corrected chi connectivity index (χ3v) is 4.32. The number of nitrogens with two attached hydrogens (primary N) is 1. The Hall–Kier alpha value is -3.81. The van der Waals surface area contributed by atoms with Gasteiger partial charge in [-0.25, -0.2) is 9.38 Å². The molecule has 0 spiro atoms. The average Bonchev–Trinajstić information content (AvgIpc) is 3.24. The van der Waals surface area contributed by atoms with Crippen LogP contribution in [0.3, 0.4) is 0 Å². The van der Waals surface area contributed by atoms with Crippen LogP contribution in [0.5, 0.6) is 11.5 Å². The summed E-state index contributed by atoms with van der Waals surface area (Å²) in [7, 11) is 0. The smallest absolute Gasteiger partial charge is 0.284 e. The van der Waals surface area contributed by atoms with Gasteiger partial charge in [0.25, 0.3) is 5.91 Å². The number of aliphatic imine (C=N–C) groups is 1. The van der Waals surface area contributed by atoms with Gasteiger partial charge in [-0.2, -0.15) is 0 Å². The molecule has 0 aliphatic heterocycles. The van der Waals surface area contributed by atoms with Crippen LogP contribution >= 0.6 is 0 Å². The second kappa shape index (κ2) is 10.8. The van der Waals surface area contributed by atoms with Gasteiger partial charge in [-0.15, -0.1) is 0 Å². The molecule has 2 aromatic carbocycles. The molecule has 0 radical (unpaired) electrons. The number of benzene rings is 2. The zero-order valence-corrected chi connectivity index (χ0v) is 17.2. The molecule has 0 bridgehead atoms. The maximum Gasteiger partial charge on any atom is 0.284 e. The van der Waals surface area contributed by atoms with Crippen molar-refractivity contribution in [3.63, 3.8) is 0 Å². The Morgan fingerprint density at radius 3 is 2.61 bits per heavy atom. The predicted octanol–water partition coefficient (Wildman–Crippen LogP) is 3.61. The Morgan fingerprint density at radius 2 is 1.94 bits per heavy atom. The molecule has 3 aromatic rings. The molecule has 0 unspecified atom stereocenters. The van der Waals surface area contributed by atoms with Gasteiger partial charge in [0.2, 0.25) is 0 Å². The molecular weight excluding hydrogens is 399 g/mol. The Balaban J connectivity index is 1.53. The van der Waals surface area contributed by atoms with Crippen LogP contribution in [0.1, 0.15) is 28.8 Å². The summed E-state index contributed by atoms with van der Waals surface area (Å²) in [6.07, 6.45) is 0.597. The quantitative estimate of drug-likeness (QED) is 0.360. The summed E-state index contributed by atoms with van der Waals surface area (Å²) in [4.78, 5) is 15.5. The number of hydrogen-bond acceptors (Lipinski definition) is 4. The van der Waals surface area contributed by atoms with E-state index >= 15 is 0 Å². The summed E-state index contributed by atoms with van der Waals surface area (Å²) in [5, 5.41) is 6.32. The van der Waals surface area contributed by atoms with Crippen molar-refractivity contribution in [1.29, 1.82) is 0 Å². The molecule has 0 saturated heterocycles. The summed E-state index contributed by atoms with van der Waals surface area (Å²) in [6.45, 7) is 3.43. The first-order valence-electron chi connectivity index (χ1n) is 9.97. The molecule has 0 aliphatic carbocycles. The van der Waals surface area contributed by atoms with E-state index in [2.05, 4.69) is 15.6 Å². The number of guanidine groups is 1. The predicted molar refractivity (Wildman–Crippen MR) is 117 cm³/mol. The highest BCUT2D eigenvalue weighted by Gasteiger charge is 2.08. The van der Waals surface area contributed by atoms with Crippen LogP contribution in [0.2, 0.25) is 0 Å². The third-order valence-electron chi connectivity index (χ3n) is 4.32. The molecule has 1 aromatic heterocycles. The second-order valence-corrected chi connectivity index (χ2v) is 6.68. The molecule has 0 saturated carbocycles. The van der Waals surface area contributed by atoms with E-state index in [0.29, 0.717) is 37.0 Å². The first-order valence-corrected chi connectivity index (χ1v) is 9.97. The van der Waals surface area contributed by atoms with Gasteiger partial charge in [0.1, 0.15) is 18.1 Å². The van der Waals surface area contributed by atoms with Gasteiger partial charge in [0.05, 0.1) is 0 Å². The van der Waals surface area contributed by atoms with Crippen molar-refractivity contribution in [2.24, 2.45) is 10.7 Å². The molecule has 4 N–H and O–H groups in total. The lowest BCUT2D eigenvalue weighted by atomic mass is 10.1. The van der Waals surface area contributed by atoms with Crippen molar-refractivity contribution in [3.05, 3.63) is 83.6 Å². The van der Waals surface area contributed by atoms with Gasteiger partial charge in [-0.05, 0) is 55.3 Å². The zero-order chi connectivity index (χ0) is 22.1. The lowest BCUT2D eigenvalue weighted by Gasteiger charge is -2.12. The van der Waals surface area contributed by atoms with Gasteiger partial charge in [-0.1, -0.05) is 24.3 Å². The van der Waals surface area contributed by atoms with Crippen molar-refractivity contribution < 1.29 is 18.3 Å². The molecule has 7 nitrogen and oxygen atoms in total. The van der Waals surface area contributed by atoms with E-state index in [1.165, 1.54) is 12.1 Å². The molecule has 1 heterocycles. The fourth-order valence-corrected chi connectivity index (χ4v) is 2.82. The van der Waals surface area contributed by atoms with E-state index in [1.54, 1.807) is 24.3 Å². The maximum absolute atomic E-state index is 14.4. The monoisotopic (exact) mass is 424 g/mol. The normalized spacial score (nSPS) is 11.2. The van der Waals surface area contributed by atoms with Crippen molar-refractivity contribution in [2.75, 3.05) is 13.1 Å². The number of furan rings is 1. The number of carbonyl (C=O) groups is 1. The molecule has 162 valence electrons. The number of carbonyl (C=O) groups excluding carboxylic acids is 1. The van der Waals surface area contributed by atoms with E-state index in [0.717, 1.165) is 5.56 Å². The fraction of sp³-hybridized carbons (Fsp3) is 0.217. The van der Waals surface area contributed by atoms with Crippen molar-refractivity contribution in [3.8, 4) is 11.5 Å². The van der Waals surface area contributed by atoms with Gasteiger partial charge in [0.15, 0.2) is 23.3 Å². The van der Waals surface area contributed by atoms with Gasteiger partial charge >= 0.3 is 0 Å². The number of ether oxygens (including phenoxy) is 1. The summed E-state index contributed by atoms with van der Waals surface area (Å²) in [5.41, 5.74) is 6.01. The van der Waals surface area contributed by atoms with Crippen LogP contribution in [0.4, 0.5) is 4.39 Å². The van der Waals surface area contributed by atoms with Crippen molar-refractivity contribution >= 4 is 11.9 Å². The highest BCUT2D eigenvalue weighted by atomic mass is 19.1. The van der Waals surface area contributed by atoms with Gasteiger partial charge < -0.3 is 25.5 Å². The lowest BCUT2D eigenvalue weighted by molar-refractivity contribution is 0.0972. The molecule has 3 rings (SSSR count). The minimum absolute atomic E-state index is 0.102. The molecule has 1 amide bonds. The van der Waals surface area contributed by atoms with Crippen LogP contribution in [0.15, 0.2) is 70.1 Å². The standard InChI is InChI=1S/C23H25FN4O3/c1-2-26-23(28-15-18-9-11-21(31-18)22(25)29)27-13-12-16-8-10-20(19(24)14-16)30-17-6-4-3-5-7-17/h3-11,14H,2,12-13,15H2,1H3,(H2,25,29)(H2,26,27,28). The minimum Gasteiger partial charge on any atom is -0.454 e. The molecule has 8 heteroatoms. The number of nitrogens with one attached hydrogen (secondary N) is 2. The molecule has 31 heavy (non-hydrogen) atoms. The van der Waals surface area contributed by atoms with Crippen LogP contribution in [-0.4, -0.2) is 25.0 Å². The summed E-state index contributed by atoms with van der Waals surface area (Å²) < 4.78 is 25.3. The van der Waals surface area contributed by atoms with E-state index in [-0.39, 0.29) is 18.1 Å². The van der Waals surface area contributed by atoms with Crippen LogP contribution in [0, 0.1) is 5.82 Å². The first kappa shape index (κ1) is 21.9.